The van der Waals surface area contributed by atoms with E-state index in [1.54, 1.807) is 31.2 Å². The topological polar surface area (TPSA) is 73.9 Å². The molecule has 1 aromatic rings. The van der Waals surface area contributed by atoms with Gasteiger partial charge in [0.05, 0.1) is 5.03 Å². The van der Waals surface area contributed by atoms with Crippen molar-refractivity contribution in [3.05, 3.63) is 40.6 Å². The quantitative estimate of drug-likeness (QED) is 0.450. The number of hydrogen-bond acceptors (Lipinski definition) is 5. The molecule has 0 aliphatic rings. The predicted molar refractivity (Wildman–Crippen MR) is 85.6 cm³/mol. The Morgan fingerprint density at radius 2 is 1.77 bits per heavy atom. The van der Waals surface area contributed by atoms with Crippen molar-refractivity contribution in [1.82, 2.24) is 5.32 Å². The van der Waals surface area contributed by atoms with Crippen LogP contribution in [0.1, 0.15) is 12.5 Å². The first-order valence-electron chi connectivity index (χ1n) is 6.22. The van der Waals surface area contributed by atoms with Crippen molar-refractivity contribution in [2.24, 2.45) is 0 Å². The molecule has 9 heteroatoms. The smallest absolute Gasteiger partial charge is 0.396 e. The molecule has 0 heterocycles. The average molecular weight is 368 g/mol. The lowest BCUT2D eigenvalue weighted by Crippen LogP contribution is -2.26. The van der Waals surface area contributed by atoms with Gasteiger partial charge in [0.15, 0.2) is 0 Å². The molecule has 1 aromatic carbocycles. The number of benzene rings is 1. The van der Waals surface area contributed by atoms with Crippen LogP contribution in [0.3, 0.4) is 0 Å². The predicted octanol–water partition coefficient (Wildman–Crippen LogP) is 3.80. The molecule has 22 heavy (non-hydrogen) atoms. The van der Waals surface area contributed by atoms with E-state index < -0.39 is 13.7 Å². The zero-order chi connectivity index (χ0) is 16.8. The first kappa shape index (κ1) is 19.0. The molecule has 0 bridgehead atoms. The van der Waals surface area contributed by atoms with Gasteiger partial charge in [-0.3, -0.25) is 13.8 Å². The summed E-state index contributed by atoms with van der Waals surface area (Å²) in [5, 5.41) is 2.98. The second-order valence-electron chi connectivity index (χ2n) is 3.91. The Kier molecular flexibility index (Phi) is 7.39. The van der Waals surface area contributed by atoms with Crippen LogP contribution in [0, 0.1) is 0 Å². The molecule has 1 rings (SSSR count). The number of halogens is 2. The first-order chi connectivity index (χ1) is 10.4. The Morgan fingerprint density at radius 3 is 2.23 bits per heavy atom. The van der Waals surface area contributed by atoms with Crippen LogP contribution in [0.2, 0.25) is 5.02 Å². The second-order valence-corrected chi connectivity index (χ2v) is 6.53. The van der Waals surface area contributed by atoms with Gasteiger partial charge in [-0.15, -0.1) is 0 Å². The molecule has 0 saturated heterocycles. The maximum Gasteiger partial charge on any atom is 0.529 e. The summed E-state index contributed by atoms with van der Waals surface area (Å²) in [5.74, 6) is -1.00. The van der Waals surface area contributed by atoms with Crippen molar-refractivity contribution in [2.75, 3.05) is 20.8 Å². The molecule has 0 fully saturated rings. The van der Waals surface area contributed by atoms with Crippen LogP contribution in [0.25, 0.3) is 5.03 Å². The van der Waals surface area contributed by atoms with E-state index in [2.05, 4.69) is 14.4 Å². The molecule has 1 amide bonds. The fourth-order valence-corrected chi connectivity index (χ4v) is 2.54. The van der Waals surface area contributed by atoms with Gasteiger partial charge in [0.25, 0.3) is 5.91 Å². The van der Waals surface area contributed by atoms with Crippen molar-refractivity contribution < 1.29 is 22.9 Å². The SMILES string of the molecule is CCNC(=O)/C(OP(=O)(OC)OC)=C(\Cl)c1ccc(Cl)cc1. The van der Waals surface area contributed by atoms with Gasteiger partial charge < -0.3 is 9.84 Å². The molecule has 0 radical (unpaired) electrons. The number of rotatable bonds is 7. The van der Waals surface area contributed by atoms with E-state index in [0.717, 1.165) is 14.2 Å². The van der Waals surface area contributed by atoms with Crippen molar-refractivity contribution in [3.63, 3.8) is 0 Å². The number of amides is 1. The molecule has 1 N–H and O–H groups in total. The highest BCUT2D eigenvalue weighted by Gasteiger charge is 2.31. The highest BCUT2D eigenvalue weighted by molar-refractivity contribution is 7.48. The molecule has 0 aliphatic carbocycles. The minimum absolute atomic E-state index is 0.0445. The Morgan fingerprint density at radius 1 is 1.23 bits per heavy atom. The largest absolute Gasteiger partial charge is 0.529 e. The molecule has 0 unspecified atom stereocenters. The van der Waals surface area contributed by atoms with Crippen molar-refractivity contribution in [3.8, 4) is 0 Å². The summed E-state index contributed by atoms with van der Waals surface area (Å²) in [6.07, 6.45) is 0. The number of carbonyl (C=O) groups is 1. The lowest BCUT2D eigenvalue weighted by Gasteiger charge is -2.17. The molecule has 0 aliphatic heterocycles. The normalized spacial score (nSPS) is 12.6. The number of phosphoric ester groups is 1. The van der Waals surface area contributed by atoms with Gasteiger partial charge in [0.1, 0.15) is 0 Å². The van der Waals surface area contributed by atoms with Gasteiger partial charge in [-0.2, -0.15) is 0 Å². The van der Waals surface area contributed by atoms with Crippen LogP contribution in [0.15, 0.2) is 30.0 Å². The third kappa shape index (κ3) is 5.00. The second kappa shape index (κ2) is 8.56. The highest BCUT2D eigenvalue weighted by Crippen LogP contribution is 2.50. The van der Waals surface area contributed by atoms with Crippen molar-refractivity contribution >= 4 is 42.0 Å². The summed E-state index contributed by atoms with van der Waals surface area (Å²) in [6, 6.07) is 6.39. The molecule has 0 atom stereocenters. The number of phosphoric acid groups is 1. The Balaban J connectivity index is 3.29. The van der Waals surface area contributed by atoms with E-state index in [1.165, 1.54) is 0 Å². The fourth-order valence-electron chi connectivity index (χ4n) is 1.41. The van der Waals surface area contributed by atoms with Gasteiger partial charge >= 0.3 is 7.82 Å². The maximum atomic E-state index is 12.1. The van der Waals surface area contributed by atoms with E-state index in [9.17, 15) is 9.36 Å². The highest BCUT2D eigenvalue weighted by atomic mass is 35.5. The minimum Gasteiger partial charge on any atom is -0.396 e. The standard InChI is InChI=1S/C13H16Cl2NO5P/c1-4-16-13(17)12(21-22(18,19-2)20-3)11(15)9-5-7-10(14)8-6-9/h5-8H,4H2,1-3H3,(H,16,17)/b12-11+. The van der Waals surface area contributed by atoms with E-state index in [1.807, 2.05) is 0 Å². The van der Waals surface area contributed by atoms with E-state index >= 15 is 0 Å². The van der Waals surface area contributed by atoms with Crippen LogP contribution in [-0.2, 0) is 22.9 Å². The number of hydrogen-bond donors (Lipinski definition) is 1. The van der Waals surface area contributed by atoms with Crippen LogP contribution < -0.4 is 5.32 Å². The van der Waals surface area contributed by atoms with Crippen LogP contribution in [0.4, 0.5) is 0 Å². The summed E-state index contributed by atoms with van der Waals surface area (Å²) < 4.78 is 26.5. The summed E-state index contributed by atoms with van der Waals surface area (Å²) in [7, 11) is -1.66. The van der Waals surface area contributed by atoms with Gasteiger partial charge in [-0.25, -0.2) is 4.57 Å². The van der Waals surface area contributed by atoms with Gasteiger partial charge in [0, 0.05) is 25.8 Å². The Bertz CT molecular complexity index is 595. The van der Waals surface area contributed by atoms with E-state index in [4.69, 9.17) is 27.7 Å². The maximum absolute atomic E-state index is 12.1. The summed E-state index contributed by atoms with van der Waals surface area (Å²) in [5.41, 5.74) is 0.464. The summed E-state index contributed by atoms with van der Waals surface area (Å²) >= 11 is 12.0. The van der Waals surface area contributed by atoms with Crippen LogP contribution in [0.5, 0.6) is 0 Å². The number of carbonyl (C=O) groups excluding carboxylic acids is 1. The third-order valence-electron chi connectivity index (χ3n) is 2.49. The van der Waals surface area contributed by atoms with Crippen LogP contribution >= 0.6 is 31.0 Å². The molecule has 0 aromatic heterocycles. The average Bonchev–Trinajstić information content (AvgIpc) is 2.52. The third-order valence-corrected chi connectivity index (χ3v) is 4.43. The molecule has 0 saturated carbocycles. The van der Waals surface area contributed by atoms with Gasteiger partial charge in [-0.05, 0) is 24.6 Å². The monoisotopic (exact) mass is 367 g/mol. The molecule has 0 spiro atoms. The Labute approximate surface area is 139 Å². The van der Waals surface area contributed by atoms with E-state index in [0.29, 0.717) is 17.1 Å². The van der Waals surface area contributed by atoms with E-state index in [-0.39, 0.29) is 10.8 Å². The van der Waals surface area contributed by atoms with Gasteiger partial charge in [0.2, 0.25) is 5.76 Å². The number of likely N-dealkylation sites (N-methyl/N-ethyl adjacent to an activating group) is 1. The van der Waals surface area contributed by atoms with Crippen LogP contribution in [-0.4, -0.2) is 26.7 Å². The minimum atomic E-state index is -3.93. The molecule has 6 nitrogen and oxygen atoms in total. The van der Waals surface area contributed by atoms with Gasteiger partial charge in [-0.1, -0.05) is 35.3 Å². The van der Waals surface area contributed by atoms with Crippen molar-refractivity contribution in [2.45, 2.75) is 6.92 Å². The zero-order valence-corrected chi connectivity index (χ0v) is 14.7. The lowest BCUT2D eigenvalue weighted by atomic mass is 10.2. The summed E-state index contributed by atoms with van der Waals surface area (Å²) in [6.45, 7) is 2.05. The molecular formula is C13H16Cl2NO5P. The molecular weight excluding hydrogens is 352 g/mol. The summed E-state index contributed by atoms with van der Waals surface area (Å²) in [4.78, 5) is 12.1. The Hall–Kier alpha value is -1.04. The lowest BCUT2D eigenvalue weighted by molar-refractivity contribution is -0.119. The molecule has 122 valence electrons. The van der Waals surface area contributed by atoms with Crippen molar-refractivity contribution in [1.29, 1.82) is 0 Å². The fraction of sp³-hybridized carbons (Fsp3) is 0.308. The zero-order valence-electron chi connectivity index (χ0n) is 12.3. The first-order valence-corrected chi connectivity index (χ1v) is 8.43. The number of nitrogens with one attached hydrogen (secondary N) is 1.